The summed E-state index contributed by atoms with van der Waals surface area (Å²) in [4.78, 5) is 35.9. The Kier molecular flexibility index (Phi) is 6.85. The summed E-state index contributed by atoms with van der Waals surface area (Å²) in [5, 5.41) is 5.36. The maximum atomic E-state index is 12.5. The Balaban J connectivity index is 2.00. The molecule has 0 radical (unpaired) electrons. The van der Waals surface area contributed by atoms with Crippen molar-refractivity contribution in [2.24, 2.45) is 0 Å². The molecule has 0 aromatic heterocycles. The van der Waals surface area contributed by atoms with E-state index in [0.29, 0.717) is 24.2 Å². The number of amides is 2. The van der Waals surface area contributed by atoms with Crippen molar-refractivity contribution >= 4 is 17.6 Å². The zero-order chi connectivity index (χ0) is 18.9. The van der Waals surface area contributed by atoms with E-state index in [1.807, 2.05) is 24.3 Å². The van der Waals surface area contributed by atoms with E-state index in [-0.39, 0.29) is 17.6 Å². The molecule has 0 saturated heterocycles. The Morgan fingerprint density at radius 1 is 0.962 bits per heavy atom. The lowest BCUT2D eigenvalue weighted by Gasteiger charge is -2.14. The van der Waals surface area contributed by atoms with E-state index < -0.39 is 5.92 Å². The van der Waals surface area contributed by atoms with Crippen LogP contribution in [0.1, 0.15) is 34.3 Å². The first-order chi connectivity index (χ1) is 12.5. The van der Waals surface area contributed by atoms with E-state index in [4.69, 9.17) is 0 Å². The van der Waals surface area contributed by atoms with Gasteiger partial charge in [-0.3, -0.25) is 14.4 Å². The van der Waals surface area contributed by atoms with E-state index in [0.717, 1.165) is 5.56 Å². The van der Waals surface area contributed by atoms with Crippen LogP contribution >= 0.6 is 0 Å². The van der Waals surface area contributed by atoms with Crippen LogP contribution in [-0.4, -0.2) is 30.7 Å². The molecule has 0 aliphatic heterocycles. The molecule has 2 aromatic carbocycles. The standard InChI is InChI=1S/C21H22N2O3/c1-3-19(24)22-12-13-23-21(26)15(2)17-10-7-11-18(14-17)20(25)16-8-5-4-6-9-16/h3-11,14-15H,1,12-13H2,2H3,(H,22,24)(H,23,26). The lowest BCUT2D eigenvalue weighted by atomic mass is 9.95. The fourth-order valence-electron chi connectivity index (χ4n) is 2.45. The van der Waals surface area contributed by atoms with Gasteiger partial charge >= 0.3 is 0 Å². The molecule has 0 spiro atoms. The monoisotopic (exact) mass is 350 g/mol. The second kappa shape index (κ2) is 9.32. The van der Waals surface area contributed by atoms with Crippen LogP contribution in [-0.2, 0) is 9.59 Å². The van der Waals surface area contributed by atoms with Gasteiger partial charge in [-0.25, -0.2) is 0 Å². The average Bonchev–Trinajstić information content (AvgIpc) is 2.70. The number of benzene rings is 2. The van der Waals surface area contributed by atoms with E-state index in [1.165, 1.54) is 6.08 Å². The molecule has 1 unspecified atom stereocenters. The molecule has 134 valence electrons. The molecule has 2 amide bonds. The molecule has 0 aliphatic rings. The number of hydrogen-bond acceptors (Lipinski definition) is 3. The first-order valence-corrected chi connectivity index (χ1v) is 8.40. The van der Waals surface area contributed by atoms with Crippen molar-refractivity contribution in [3.8, 4) is 0 Å². The van der Waals surface area contributed by atoms with Crippen LogP contribution in [0.2, 0.25) is 0 Å². The molecular formula is C21H22N2O3. The predicted octanol–water partition coefficient (Wildman–Crippen LogP) is 2.44. The van der Waals surface area contributed by atoms with Gasteiger partial charge in [-0.05, 0) is 24.6 Å². The summed E-state index contributed by atoms with van der Waals surface area (Å²) in [5.74, 6) is -0.928. The van der Waals surface area contributed by atoms with Crippen molar-refractivity contribution < 1.29 is 14.4 Å². The summed E-state index contributed by atoms with van der Waals surface area (Å²) in [7, 11) is 0. The molecule has 0 fully saturated rings. The number of carbonyl (C=O) groups is 3. The predicted molar refractivity (Wildman–Crippen MR) is 101 cm³/mol. The summed E-state index contributed by atoms with van der Waals surface area (Å²) in [5.41, 5.74) is 1.92. The second-order valence-electron chi connectivity index (χ2n) is 5.83. The van der Waals surface area contributed by atoms with Gasteiger partial charge in [0.2, 0.25) is 11.8 Å². The third-order valence-corrected chi connectivity index (χ3v) is 3.99. The molecular weight excluding hydrogens is 328 g/mol. The lowest BCUT2D eigenvalue weighted by Crippen LogP contribution is -2.35. The van der Waals surface area contributed by atoms with Gasteiger partial charge in [0.1, 0.15) is 0 Å². The highest BCUT2D eigenvalue weighted by atomic mass is 16.2. The quantitative estimate of drug-likeness (QED) is 0.436. The van der Waals surface area contributed by atoms with Crippen molar-refractivity contribution in [1.29, 1.82) is 0 Å². The molecule has 0 bridgehead atoms. The van der Waals surface area contributed by atoms with Gasteiger partial charge < -0.3 is 10.6 Å². The van der Waals surface area contributed by atoms with Gasteiger partial charge in [-0.2, -0.15) is 0 Å². The molecule has 0 heterocycles. The van der Waals surface area contributed by atoms with Crippen LogP contribution in [0.4, 0.5) is 0 Å². The minimum Gasteiger partial charge on any atom is -0.354 e. The van der Waals surface area contributed by atoms with Gasteiger partial charge in [0, 0.05) is 24.2 Å². The molecule has 2 aromatic rings. The lowest BCUT2D eigenvalue weighted by molar-refractivity contribution is -0.122. The van der Waals surface area contributed by atoms with Crippen LogP contribution in [0.15, 0.2) is 67.3 Å². The fourth-order valence-corrected chi connectivity index (χ4v) is 2.45. The van der Waals surface area contributed by atoms with Crippen LogP contribution < -0.4 is 10.6 Å². The normalized spacial score (nSPS) is 11.3. The smallest absolute Gasteiger partial charge is 0.243 e. The molecule has 2 rings (SSSR count). The largest absolute Gasteiger partial charge is 0.354 e. The minimum absolute atomic E-state index is 0.0767. The van der Waals surface area contributed by atoms with Gasteiger partial charge in [0.15, 0.2) is 5.78 Å². The van der Waals surface area contributed by atoms with Gasteiger partial charge in [-0.1, -0.05) is 55.1 Å². The maximum absolute atomic E-state index is 12.5. The Labute approximate surface area is 153 Å². The maximum Gasteiger partial charge on any atom is 0.243 e. The van der Waals surface area contributed by atoms with Crippen molar-refractivity contribution in [1.82, 2.24) is 10.6 Å². The van der Waals surface area contributed by atoms with Gasteiger partial charge in [0.25, 0.3) is 0 Å². The fraction of sp³-hybridized carbons (Fsp3) is 0.190. The molecule has 2 N–H and O–H groups in total. The van der Waals surface area contributed by atoms with Crippen LogP contribution in [0.5, 0.6) is 0 Å². The SMILES string of the molecule is C=CC(=O)NCCNC(=O)C(C)c1cccc(C(=O)c2ccccc2)c1. The Hall–Kier alpha value is -3.21. The van der Waals surface area contributed by atoms with Crippen molar-refractivity contribution in [3.05, 3.63) is 83.9 Å². The van der Waals surface area contributed by atoms with Crippen LogP contribution in [0.3, 0.4) is 0 Å². The van der Waals surface area contributed by atoms with Crippen molar-refractivity contribution in [2.75, 3.05) is 13.1 Å². The summed E-state index contributed by atoms with van der Waals surface area (Å²) in [6.45, 7) is 5.80. The number of carbonyl (C=O) groups excluding carboxylic acids is 3. The average molecular weight is 350 g/mol. The Bertz CT molecular complexity index is 800. The van der Waals surface area contributed by atoms with Crippen molar-refractivity contribution in [3.63, 3.8) is 0 Å². The third-order valence-electron chi connectivity index (χ3n) is 3.99. The topological polar surface area (TPSA) is 75.3 Å². The summed E-state index contributed by atoms with van der Waals surface area (Å²) >= 11 is 0. The van der Waals surface area contributed by atoms with E-state index >= 15 is 0 Å². The highest BCUT2D eigenvalue weighted by Crippen LogP contribution is 2.19. The Morgan fingerprint density at radius 3 is 2.31 bits per heavy atom. The number of hydrogen-bond donors (Lipinski definition) is 2. The zero-order valence-electron chi connectivity index (χ0n) is 14.7. The summed E-state index contributed by atoms with van der Waals surface area (Å²) in [6.07, 6.45) is 1.18. The van der Waals surface area contributed by atoms with Gasteiger partial charge in [-0.15, -0.1) is 0 Å². The highest BCUT2D eigenvalue weighted by Gasteiger charge is 2.17. The summed E-state index contributed by atoms with van der Waals surface area (Å²) in [6, 6.07) is 16.1. The highest BCUT2D eigenvalue weighted by molar-refractivity contribution is 6.09. The van der Waals surface area contributed by atoms with Crippen molar-refractivity contribution in [2.45, 2.75) is 12.8 Å². The van der Waals surface area contributed by atoms with Crippen LogP contribution in [0.25, 0.3) is 0 Å². The zero-order valence-corrected chi connectivity index (χ0v) is 14.7. The van der Waals surface area contributed by atoms with E-state index in [2.05, 4.69) is 17.2 Å². The first-order valence-electron chi connectivity index (χ1n) is 8.40. The number of rotatable bonds is 8. The molecule has 5 heteroatoms. The molecule has 5 nitrogen and oxygen atoms in total. The van der Waals surface area contributed by atoms with Crippen LogP contribution in [0, 0.1) is 0 Å². The van der Waals surface area contributed by atoms with Gasteiger partial charge in [0.05, 0.1) is 5.92 Å². The third kappa shape index (κ3) is 5.14. The minimum atomic E-state index is -0.409. The molecule has 26 heavy (non-hydrogen) atoms. The van der Waals surface area contributed by atoms with E-state index in [1.54, 1.807) is 37.3 Å². The van der Waals surface area contributed by atoms with E-state index in [9.17, 15) is 14.4 Å². The molecule has 0 aliphatic carbocycles. The Morgan fingerprint density at radius 2 is 1.62 bits per heavy atom. The number of ketones is 1. The molecule has 0 saturated carbocycles. The first kappa shape index (κ1) is 19.1. The second-order valence-corrected chi connectivity index (χ2v) is 5.83. The molecule has 1 atom stereocenters. The summed E-state index contributed by atoms with van der Waals surface area (Å²) < 4.78 is 0. The number of nitrogens with one attached hydrogen (secondary N) is 2.